The third-order valence-corrected chi connectivity index (χ3v) is 5.32. The van der Waals surface area contributed by atoms with Gasteiger partial charge in [-0.2, -0.15) is 0 Å². The molecule has 0 aromatic rings. The topological polar surface area (TPSA) is 107 Å². The van der Waals surface area contributed by atoms with Gasteiger partial charge in [0, 0.05) is 37.5 Å². The molecule has 0 saturated heterocycles. The number of carboxylic acid groups (broad SMARTS) is 1. The van der Waals surface area contributed by atoms with Crippen molar-refractivity contribution in [2.45, 2.75) is 83.3 Å². The Morgan fingerprint density at radius 1 is 0.769 bits per heavy atom. The number of ether oxygens (including phenoxy) is 2. The van der Waals surface area contributed by atoms with Crippen LogP contribution in [0.5, 0.6) is 0 Å². The molecule has 0 aromatic carbocycles. The summed E-state index contributed by atoms with van der Waals surface area (Å²) >= 11 is 0. The van der Waals surface area contributed by atoms with Gasteiger partial charge in [-0.3, -0.25) is 14.4 Å². The summed E-state index contributed by atoms with van der Waals surface area (Å²) in [7, 11) is 0. The third-order valence-electron chi connectivity index (χ3n) is 5.32. The molecule has 146 valence electrons. The molecule has 0 aliphatic heterocycles. The van der Waals surface area contributed by atoms with Crippen LogP contribution in [0.1, 0.15) is 71.1 Å². The first-order chi connectivity index (χ1) is 12.4. The zero-order chi connectivity index (χ0) is 19.1. The van der Waals surface area contributed by atoms with E-state index < -0.39 is 5.97 Å². The summed E-state index contributed by atoms with van der Waals surface area (Å²) in [5.74, 6) is -1.00. The fraction of sp³-hybridized carbons (Fsp3) is 0.789. The molecule has 2 fully saturated rings. The van der Waals surface area contributed by atoms with Crippen LogP contribution in [-0.4, -0.2) is 41.0 Å². The number of fused-ring (bicyclic) bond motifs is 1. The van der Waals surface area contributed by atoms with Crippen molar-refractivity contribution < 1.29 is 33.8 Å². The van der Waals surface area contributed by atoms with Crippen molar-refractivity contribution in [3.63, 3.8) is 0 Å². The average molecular weight is 368 g/mol. The molecule has 0 amide bonds. The first kappa shape index (κ1) is 20.4. The molecule has 26 heavy (non-hydrogen) atoms. The van der Waals surface area contributed by atoms with Crippen molar-refractivity contribution in [1.82, 2.24) is 0 Å². The second-order valence-electron chi connectivity index (χ2n) is 7.34. The highest BCUT2D eigenvalue weighted by Crippen LogP contribution is 2.47. The Morgan fingerprint density at radius 2 is 1.23 bits per heavy atom. The maximum Gasteiger partial charge on any atom is 0.306 e. The Morgan fingerprint density at radius 3 is 1.65 bits per heavy atom. The molecule has 0 unspecified atom stereocenters. The molecule has 1 N–H and O–H groups in total. The summed E-state index contributed by atoms with van der Waals surface area (Å²) in [6, 6.07) is 0. The van der Waals surface area contributed by atoms with Gasteiger partial charge in [0.2, 0.25) is 0 Å². The number of hydrogen-bond acceptors (Lipinski definition) is 6. The fourth-order valence-electron chi connectivity index (χ4n) is 4.11. The van der Waals surface area contributed by atoms with E-state index in [0.29, 0.717) is 12.8 Å². The minimum atomic E-state index is -0.914. The maximum absolute atomic E-state index is 11.9. The second-order valence-corrected chi connectivity index (χ2v) is 7.34. The molecular weight excluding hydrogens is 340 g/mol. The lowest BCUT2D eigenvalue weighted by atomic mass is 9.98. The van der Waals surface area contributed by atoms with Crippen molar-refractivity contribution in [1.29, 1.82) is 0 Å². The first-order valence-electron chi connectivity index (χ1n) is 9.47. The van der Waals surface area contributed by atoms with Gasteiger partial charge in [-0.05, 0) is 45.4 Å². The summed E-state index contributed by atoms with van der Waals surface area (Å²) < 4.78 is 11.1. The molecule has 0 bridgehead atoms. The Balaban J connectivity index is 1.72. The van der Waals surface area contributed by atoms with Crippen LogP contribution in [0.4, 0.5) is 0 Å². The van der Waals surface area contributed by atoms with Crippen LogP contribution < -0.4 is 0 Å². The van der Waals surface area contributed by atoms with Crippen molar-refractivity contribution in [2.75, 3.05) is 0 Å². The van der Waals surface area contributed by atoms with Crippen LogP contribution in [0.2, 0.25) is 0 Å². The predicted octanol–water partition coefficient (Wildman–Crippen LogP) is 2.64. The fourth-order valence-corrected chi connectivity index (χ4v) is 4.11. The van der Waals surface area contributed by atoms with Crippen molar-refractivity contribution in [3.8, 4) is 0 Å². The van der Waals surface area contributed by atoms with Crippen molar-refractivity contribution >= 4 is 23.7 Å². The standard InChI is InChI=1S/C19H28O7/c1-12(20)4-2-6-18(23)25-15-10-8-14-13(15)9-11-16(14)26-19(24)7-3-5-17(21)22/h13-16H,2-11H2,1H3,(H,21,22)/t13-,14-,15-,16+/m0/s1. The van der Waals surface area contributed by atoms with Gasteiger partial charge in [0.1, 0.15) is 18.0 Å². The highest BCUT2D eigenvalue weighted by Gasteiger charge is 2.48. The van der Waals surface area contributed by atoms with Gasteiger partial charge in [0.05, 0.1) is 0 Å². The predicted molar refractivity (Wildman–Crippen MR) is 91.2 cm³/mol. The molecule has 2 aliphatic carbocycles. The number of Topliss-reactive ketones (excluding diaryl/α,β-unsaturated/α-hetero) is 1. The second kappa shape index (κ2) is 9.69. The number of aliphatic carboxylic acids is 1. The van der Waals surface area contributed by atoms with Crippen LogP contribution in [0.3, 0.4) is 0 Å². The van der Waals surface area contributed by atoms with E-state index >= 15 is 0 Å². The van der Waals surface area contributed by atoms with E-state index in [1.54, 1.807) is 0 Å². The maximum atomic E-state index is 11.9. The van der Waals surface area contributed by atoms with Crippen LogP contribution in [-0.2, 0) is 28.7 Å². The van der Waals surface area contributed by atoms with Gasteiger partial charge in [-0.15, -0.1) is 0 Å². The number of carboxylic acids is 1. The highest BCUT2D eigenvalue weighted by atomic mass is 16.6. The van der Waals surface area contributed by atoms with E-state index in [2.05, 4.69) is 0 Å². The highest BCUT2D eigenvalue weighted by molar-refractivity contribution is 5.76. The number of rotatable bonds is 10. The van der Waals surface area contributed by atoms with Gasteiger partial charge in [0.25, 0.3) is 0 Å². The molecule has 7 nitrogen and oxygen atoms in total. The molecule has 7 heteroatoms. The molecular formula is C19H28O7. The SMILES string of the molecule is CC(=O)CCCC(=O)O[C@H]1CC[C@H]2[C@@H]1CC[C@H]2OC(=O)CCCC(=O)O. The van der Waals surface area contributed by atoms with E-state index in [9.17, 15) is 19.2 Å². The summed E-state index contributed by atoms with van der Waals surface area (Å²) in [4.78, 5) is 45.2. The minimum Gasteiger partial charge on any atom is -0.481 e. The smallest absolute Gasteiger partial charge is 0.306 e. The Kier molecular flexibility index (Phi) is 7.60. The normalized spacial score (nSPS) is 27.0. The molecule has 2 saturated carbocycles. The van der Waals surface area contributed by atoms with Gasteiger partial charge in [-0.25, -0.2) is 0 Å². The average Bonchev–Trinajstić information content (AvgIpc) is 3.10. The van der Waals surface area contributed by atoms with E-state index in [1.807, 2.05) is 0 Å². The largest absolute Gasteiger partial charge is 0.481 e. The van der Waals surface area contributed by atoms with Gasteiger partial charge in [0.15, 0.2) is 0 Å². The number of carbonyl (C=O) groups excluding carboxylic acids is 3. The zero-order valence-electron chi connectivity index (χ0n) is 15.3. The van der Waals surface area contributed by atoms with Crippen molar-refractivity contribution in [2.24, 2.45) is 11.8 Å². The van der Waals surface area contributed by atoms with Crippen LogP contribution in [0.25, 0.3) is 0 Å². The van der Waals surface area contributed by atoms with E-state index in [1.165, 1.54) is 6.92 Å². The molecule has 0 aromatic heterocycles. The van der Waals surface area contributed by atoms with Gasteiger partial charge in [-0.1, -0.05) is 0 Å². The van der Waals surface area contributed by atoms with Gasteiger partial charge < -0.3 is 19.4 Å². The zero-order valence-corrected chi connectivity index (χ0v) is 15.3. The number of carbonyl (C=O) groups is 4. The number of ketones is 1. The third kappa shape index (κ3) is 6.11. The lowest BCUT2D eigenvalue weighted by molar-refractivity contribution is -0.154. The molecule has 0 spiro atoms. The van der Waals surface area contributed by atoms with Crippen LogP contribution in [0, 0.1) is 11.8 Å². The van der Waals surface area contributed by atoms with E-state index in [-0.39, 0.29) is 67.4 Å². The minimum absolute atomic E-state index is 0.0343. The molecule has 0 radical (unpaired) electrons. The first-order valence-corrected chi connectivity index (χ1v) is 9.47. The van der Waals surface area contributed by atoms with Gasteiger partial charge >= 0.3 is 17.9 Å². The Bertz CT molecular complexity index is 494. The Hall–Kier alpha value is -1.92. The summed E-state index contributed by atoms with van der Waals surface area (Å²) in [5, 5.41) is 8.61. The number of hydrogen-bond donors (Lipinski definition) is 1. The lowest BCUT2D eigenvalue weighted by Gasteiger charge is -2.21. The lowest BCUT2D eigenvalue weighted by Crippen LogP contribution is -2.26. The monoisotopic (exact) mass is 368 g/mol. The van der Waals surface area contributed by atoms with Crippen molar-refractivity contribution in [3.05, 3.63) is 0 Å². The summed E-state index contributed by atoms with van der Waals surface area (Å²) in [6.45, 7) is 1.51. The summed E-state index contributed by atoms with van der Waals surface area (Å²) in [6.07, 6.45) is 4.54. The number of esters is 2. The molecule has 4 atom stereocenters. The van der Waals surface area contributed by atoms with E-state index in [4.69, 9.17) is 14.6 Å². The Labute approximate surface area is 153 Å². The van der Waals surface area contributed by atoms with Crippen LogP contribution >= 0.6 is 0 Å². The quantitative estimate of drug-likeness (QED) is 0.591. The van der Waals surface area contributed by atoms with E-state index in [0.717, 1.165) is 25.7 Å². The van der Waals surface area contributed by atoms with Crippen LogP contribution in [0.15, 0.2) is 0 Å². The summed E-state index contributed by atoms with van der Waals surface area (Å²) in [5.41, 5.74) is 0. The molecule has 2 aliphatic rings. The molecule has 2 rings (SSSR count). The molecule has 0 heterocycles.